The number of aryl methyl sites for hydroxylation is 1. The summed E-state index contributed by atoms with van der Waals surface area (Å²) < 4.78 is 6.41. The van der Waals surface area contributed by atoms with Gasteiger partial charge in [-0.3, -0.25) is 9.59 Å². The lowest BCUT2D eigenvalue weighted by atomic mass is 10.0. The third-order valence-electron chi connectivity index (χ3n) is 3.36. The van der Waals surface area contributed by atoms with E-state index in [4.69, 9.17) is 16.3 Å². The Kier molecular flexibility index (Phi) is 5.22. The van der Waals surface area contributed by atoms with Crippen LogP contribution in [0.4, 0.5) is 0 Å². The van der Waals surface area contributed by atoms with Gasteiger partial charge in [-0.15, -0.1) is 0 Å². The molecule has 116 valence electrons. The van der Waals surface area contributed by atoms with E-state index in [0.29, 0.717) is 16.3 Å². The molecule has 1 aromatic carbocycles. The fourth-order valence-corrected chi connectivity index (χ4v) is 2.44. The van der Waals surface area contributed by atoms with Crippen molar-refractivity contribution in [2.24, 2.45) is 7.05 Å². The summed E-state index contributed by atoms with van der Waals surface area (Å²) in [5, 5.41) is 3.33. The van der Waals surface area contributed by atoms with Crippen LogP contribution in [0.15, 0.2) is 42.6 Å². The zero-order valence-electron chi connectivity index (χ0n) is 12.4. The number of methoxy groups -OCH3 is 1. The molecule has 1 heterocycles. The molecule has 0 fully saturated rings. The number of hydrogen-bond donors (Lipinski definition) is 1. The maximum Gasteiger partial charge on any atom is 0.307 e. The summed E-state index contributed by atoms with van der Waals surface area (Å²) in [6, 6.07) is 10.0. The monoisotopic (exact) mass is 320 g/mol. The molecular weight excluding hydrogens is 304 g/mol. The summed E-state index contributed by atoms with van der Waals surface area (Å²) in [5.41, 5.74) is 1.18. The van der Waals surface area contributed by atoms with E-state index in [0.717, 1.165) is 0 Å². The van der Waals surface area contributed by atoms with E-state index in [2.05, 4.69) is 5.32 Å². The van der Waals surface area contributed by atoms with Crippen LogP contribution in [0.1, 0.15) is 28.5 Å². The Bertz CT molecular complexity index is 682. The van der Waals surface area contributed by atoms with Crippen LogP contribution in [0.3, 0.4) is 0 Å². The second kappa shape index (κ2) is 7.13. The Labute approximate surface area is 133 Å². The number of benzene rings is 1. The number of aromatic nitrogens is 1. The number of rotatable bonds is 5. The molecule has 0 aliphatic heterocycles. The predicted octanol–water partition coefficient (Wildman–Crippen LogP) is 2.71. The average Bonchev–Trinajstić information content (AvgIpc) is 2.93. The number of carbonyl (C=O) groups is 2. The van der Waals surface area contributed by atoms with E-state index in [1.807, 2.05) is 0 Å². The van der Waals surface area contributed by atoms with Gasteiger partial charge in [-0.2, -0.15) is 0 Å². The third kappa shape index (κ3) is 3.68. The van der Waals surface area contributed by atoms with Crippen LogP contribution in [0.2, 0.25) is 5.02 Å². The van der Waals surface area contributed by atoms with Gasteiger partial charge in [0.15, 0.2) is 0 Å². The van der Waals surface area contributed by atoms with Crippen molar-refractivity contribution in [2.75, 3.05) is 7.11 Å². The molecule has 1 aromatic heterocycles. The Morgan fingerprint density at radius 2 is 2.00 bits per heavy atom. The van der Waals surface area contributed by atoms with E-state index in [1.165, 1.54) is 7.11 Å². The first kappa shape index (κ1) is 16.1. The SMILES string of the molecule is COC(=O)CC(NC(=O)c1cccn1C)c1ccccc1Cl. The Morgan fingerprint density at radius 1 is 1.27 bits per heavy atom. The van der Waals surface area contributed by atoms with Gasteiger partial charge in [0, 0.05) is 18.3 Å². The third-order valence-corrected chi connectivity index (χ3v) is 3.71. The number of esters is 1. The lowest BCUT2D eigenvalue weighted by molar-refractivity contribution is -0.141. The Morgan fingerprint density at radius 3 is 2.59 bits per heavy atom. The maximum absolute atomic E-state index is 12.4. The van der Waals surface area contributed by atoms with Gasteiger partial charge in [-0.1, -0.05) is 29.8 Å². The zero-order chi connectivity index (χ0) is 16.1. The molecule has 22 heavy (non-hydrogen) atoms. The minimum atomic E-state index is -0.552. The summed E-state index contributed by atoms with van der Waals surface area (Å²) >= 11 is 6.18. The molecule has 0 aliphatic rings. The minimum absolute atomic E-state index is 0.0103. The van der Waals surface area contributed by atoms with Crippen LogP contribution in [0, 0.1) is 0 Å². The predicted molar refractivity (Wildman–Crippen MR) is 83.7 cm³/mol. The highest BCUT2D eigenvalue weighted by molar-refractivity contribution is 6.31. The lowest BCUT2D eigenvalue weighted by Gasteiger charge is -2.19. The highest BCUT2D eigenvalue weighted by Gasteiger charge is 2.22. The van der Waals surface area contributed by atoms with Gasteiger partial charge in [0.25, 0.3) is 5.91 Å². The quantitative estimate of drug-likeness (QED) is 0.862. The Hall–Kier alpha value is -2.27. The average molecular weight is 321 g/mol. The Balaban J connectivity index is 2.25. The molecule has 0 bridgehead atoms. The van der Waals surface area contributed by atoms with E-state index in [-0.39, 0.29) is 12.3 Å². The van der Waals surface area contributed by atoms with Crippen molar-refractivity contribution in [2.45, 2.75) is 12.5 Å². The molecule has 1 N–H and O–H groups in total. The largest absolute Gasteiger partial charge is 0.469 e. The zero-order valence-corrected chi connectivity index (χ0v) is 13.1. The van der Waals surface area contributed by atoms with Gasteiger partial charge >= 0.3 is 5.97 Å². The maximum atomic E-state index is 12.4. The van der Waals surface area contributed by atoms with Crippen LogP contribution in [0.25, 0.3) is 0 Å². The number of nitrogens with one attached hydrogen (secondary N) is 1. The van der Waals surface area contributed by atoms with Crippen molar-refractivity contribution >= 4 is 23.5 Å². The molecule has 1 atom stereocenters. The van der Waals surface area contributed by atoms with Crippen molar-refractivity contribution < 1.29 is 14.3 Å². The summed E-state index contributed by atoms with van der Waals surface area (Å²) in [5.74, 6) is -0.696. The molecule has 0 saturated heterocycles. The standard InChI is InChI=1S/C16H17ClN2O3/c1-19-9-5-8-14(19)16(21)18-13(10-15(20)22-2)11-6-3-4-7-12(11)17/h3-9,13H,10H2,1-2H3,(H,18,21). The van der Waals surface area contributed by atoms with Crippen molar-refractivity contribution in [3.05, 3.63) is 58.9 Å². The van der Waals surface area contributed by atoms with E-state index in [1.54, 1.807) is 54.2 Å². The van der Waals surface area contributed by atoms with Crippen LogP contribution >= 0.6 is 11.6 Å². The van der Waals surface area contributed by atoms with Crippen LogP contribution in [-0.2, 0) is 16.6 Å². The van der Waals surface area contributed by atoms with Crippen molar-refractivity contribution in [3.63, 3.8) is 0 Å². The van der Waals surface area contributed by atoms with Crippen molar-refractivity contribution in [3.8, 4) is 0 Å². The number of carbonyl (C=O) groups excluding carboxylic acids is 2. The number of amides is 1. The summed E-state index contributed by atoms with van der Waals surface area (Å²) in [6.45, 7) is 0. The first-order valence-corrected chi connectivity index (χ1v) is 7.14. The molecule has 6 heteroatoms. The molecule has 0 spiro atoms. The molecule has 2 rings (SSSR count). The van der Waals surface area contributed by atoms with Gasteiger partial charge in [0.05, 0.1) is 19.6 Å². The van der Waals surface area contributed by atoms with Gasteiger partial charge in [-0.05, 0) is 23.8 Å². The van der Waals surface area contributed by atoms with Crippen LogP contribution < -0.4 is 5.32 Å². The normalized spacial score (nSPS) is 11.8. The fraction of sp³-hybridized carbons (Fsp3) is 0.250. The molecule has 1 unspecified atom stereocenters. The summed E-state index contributed by atoms with van der Waals surface area (Å²) in [4.78, 5) is 24.0. The second-order valence-electron chi connectivity index (χ2n) is 4.83. The van der Waals surface area contributed by atoms with Crippen molar-refractivity contribution in [1.29, 1.82) is 0 Å². The molecule has 5 nitrogen and oxygen atoms in total. The van der Waals surface area contributed by atoms with E-state index >= 15 is 0 Å². The first-order chi connectivity index (χ1) is 10.5. The molecule has 0 aliphatic carbocycles. The molecule has 2 aromatic rings. The fourth-order valence-electron chi connectivity index (χ4n) is 2.18. The van der Waals surface area contributed by atoms with E-state index in [9.17, 15) is 9.59 Å². The van der Waals surface area contributed by atoms with Crippen LogP contribution in [0.5, 0.6) is 0 Å². The van der Waals surface area contributed by atoms with Crippen LogP contribution in [-0.4, -0.2) is 23.6 Å². The molecule has 0 radical (unpaired) electrons. The number of hydrogen-bond acceptors (Lipinski definition) is 3. The molecular formula is C16H17ClN2O3. The van der Waals surface area contributed by atoms with Crippen molar-refractivity contribution in [1.82, 2.24) is 9.88 Å². The van der Waals surface area contributed by atoms with Gasteiger partial charge in [-0.25, -0.2) is 0 Å². The lowest BCUT2D eigenvalue weighted by Crippen LogP contribution is -2.31. The highest BCUT2D eigenvalue weighted by Crippen LogP contribution is 2.25. The smallest absolute Gasteiger partial charge is 0.307 e. The second-order valence-corrected chi connectivity index (χ2v) is 5.24. The summed E-state index contributed by atoms with van der Waals surface area (Å²) in [6.07, 6.45) is 1.79. The minimum Gasteiger partial charge on any atom is -0.469 e. The van der Waals surface area contributed by atoms with Gasteiger partial charge in [0.2, 0.25) is 0 Å². The first-order valence-electron chi connectivity index (χ1n) is 6.76. The highest BCUT2D eigenvalue weighted by atomic mass is 35.5. The number of nitrogens with zero attached hydrogens (tertiary/aromatic N) is 1. The van der Waals surface area contributed by atoms with E-state index < -0.39 is 12.0 Å². The van der Waals surface area contributed by atoms with Gasteiger partial charge < -0.3 is 14.6 Å². The number of halogens is 1. The molecule has 1 amide bonds. The topological polar surface area (TPSA) is 60.3 Å². The molecule has 0 saturated carbocycles. The summed E-state index contributed by atoms with van der Waals surface area (Å²) in [7, 11) is 3.09. The van der Waals surface area contributed by atoms with Gasteiger partial charge in [0.1, 0.15) is 5.69 Å². The number of ether oxygens (including phenoxy) is 1.